The van der Waals surface area contributed by atoms with E-state index in [-0.39, 0.29) is 5.91 Å². The maximum Gasteiger partial charge on any atom is 0.264 e. The smallest absolute Gasteiger partial charge is 0.264 e. The van der Waals surface area contributed by atoms with Gasteiger partial charge in [0.15, 0.2) is 0 Å². The molecule has 1 aliphatic rings. The summed E-state index contributed by atoms with van der Waals surface area (Å²) in [5.74, 6) is 0.682. The highest BCUT2D eigenvalue weighted by Crippen LogP contribution is 2.31. The summed E-state index contributed by atoms with van der Waals surface area (Å²) in [6.45, 7) is 4.92. The molecule has 19 heavy (non-hydrogen) atoms. The second-order valence-electron chi connectivity index (χ2n) is 5.07. The van der Waals surface area contributed by atoms with Gasteiger partial charge in [-0.3, -0.25) is 4.79 Å². The number of nitrogens with zero attached hydrogens (tertiary/aromatic N) is 1. The van der Waals surface area contributed by atoms with Crippen molar-refractivity contribution >= 4 is 28.8 Å². The van der Waals surface area contributed by atoms with Crippen molar-refractivity contribution in [3.05, 3.63) is 21.4 Å². The van der Waals surface area contributed by atoms with Crippen molar-refractivity contribution < 1.29 is 4.79 Å². The van der Waals surface area contributed by atoms with Crippen LogP contribution in [-0.2, 0) is 12.8 Å². The average molecular weight is 300 g/mol. The number of aryl methyl sites for hydroxylation is 2. The van der Waals surface area contributed by atoms with Crippen molar-refractivity contribution in [1.82, 2.24) is 4.90 Å². The summed E-state index contributed by atoms with van der Waals surface area (Å²) < 4.78 is 0. The van der Waals surface area contributed by atoms with E-state index in [1.807, 2.05) is 4.90 Å². The minimum absolute atomic E-state index is 0.175. The SMILES string of the molecule is CCC(CC)N(CCCl)C(=O)c1cc2c(s1)CCC2. The fourth-order valence-corrected chi connectivity index (χ4v) is 4.24. The molecule has 0 atom stereocenters. The quantitative estimate of drug-likeness (QED) is 0.724. The standard InChI is InChI=1S/C15H22ClNOS/c1-3-12(4-2)17(9-8-16)15(18)14-10-11-6-5-7-13(11)19-14/h10,12H,3-9H2,1-2H3. The Hall–Kier alpha value is -0.540. The van der Waals surface area contributed by atoms with E-state index >= 15 is 0 Å². The fraction of sp³-hybridized carbons (Fsp3) is 0.667. The first-order chi connectivity index (χ1) is 9.21. The largest absolute Gasteiger partial charge is 0.334 e. The highest BCUT2D eigenvalue weighted by Gasteiger charge is 2.25. The van der Waals surface area contributed by atoms with Gasteiger partial charge < -0.3 is 4.90 Å². The number of halogens is 1. The lowest BCUT2D eigenvalue weighted by atomic mass is 10.1. The van der Waals surface area contributed by atoms with Crippen LogP contribution in [0.5, 0.6) is 0 Å². The molecule has 0 aromatic carbocycles. The molecule has 0 N–H and O–H groups in total. The third kappa shape index (κ3) is 3.14. The Morgan fingerprint density at radius 2 is 2.16 bits per heavy atom. The Morgan fingerprint density at radius 1 is 1.42 bits per heavy atom. The van der Waals surface area contributed by atoms with Crippen molar-refractivity contribution in [1.29, 1.82) is 0 Å². The van der Waals surface area contributed by atoms with Crippen molar-refractivity contribution in [2.45, 2.75) is 52.0 Å². The summed E-state index contributed by atoms with van der Waals surface area (Å²) in [6, 6.07) is 2.42. The lowest BCUT2D eigenvalue weighted by Crippen LogP contribution is -2.40. The highest BCUT2D eigenvalue weighted by molar-refractivity contribution is 7.14. The van der Waals surface area contributed by atoms with E-state index in [0.717, 1.165) is 30.6 Å². The lowest BCUT2D eigenvalue weighted by molar-refractivity contribution is 0.0686. The summed E-state index contributed by atoms with van der Waals surface area (Å²) in [5, 5.41) is 0. The van der Waals surface area contributed by atoms with Gasteiger partial charge in [0.25, 0.3) is 5.91 Å². The van der Waals surface area contributed by atoms with Crippen molar-refractivity contribution in [2.24, 2.45) is 0 Å². The van der Waals surface area contributed by atoms with E-state index in [4.69, 9.17) is 11.6 Å². The Balaban J connectivity index is 2.18. The monoisotopic (exact) mass is 299 g/mol. The molecule has 1 aromatic heterocycles. The molecule has 0 bridgehead atoms. The number of amides is 1. The van der Waals surface area contributed by atoms with Crippen LogP contribution in [0.1, 0.15) is 53.2 Å². The van der Waals surface area contributed by atoms with E-state index in [2.05, 4.69) is 19.9 Å². The third-order valence-electron chi connectivity index (χ3n) is 3.93. The van der Waals surface area contributed by atoms with Crippen LogP contribution in [0.3, 0.4) is 0 Å². The molecule has 0 spiro atoms. The number of fused-ring (bicyclic) bond motifs is 1. The average Bonchev–Trinajstić information content (AvgIpc) is 2.99. The lowest BCUT2D eigenvalue weighted by Gasteiger charge is -2.29. The number of thiophene rings is 1. The first-order valence-electron chi connectivity index (χ1n) is 7.19. The van der Waals surface area contributed by atoms with Crippen LogP contribution >= 0.6 is 22.9 Å². The van der Waals surface area contributed by atoms with Gasteiger partial charge in [-0.15, -0.1) is 22.9 Å². The molecule has 4 heteroatoms. The molecule has 2 nitrogen and oxygen atoms in total. The van der Waals surface area contributed by atoms with Crippen LogP contribution in [0.15, 0.2) is 6.07 Å². The van der Waals surface area contributed by atoms with Gasteiger partial charge in [-0.05, 0) is 43.7 Å². The minimum Gasteiger partial charge on any atom is -0.334 e. The molecule has 0 aliphatic heterocycles. The van der Waals surface area contributed by atoms with Gasteiger partial charge in [-0.25, -0.2) is 0 Å². The first kappa shape index (κ1) is 14.9. The maximum atomic E-state index is 12.7. The maximum absolute atomic E-state index is 12.7. The molecule has 1 aromatic rings. The Bertz CT molecular complexity index is 418. The van der Waals surface area contributed by atoms with E-state index in [1.165, 1.54) is 16.9 Å². The third-order valence-corrected chi connectivity index (χ3v) is 5.32. The summed E-state index contributed by atoms with van der Waals surface area (Å²) in [4.78, 5) is 17.0. The van der Waals surface area contributed by atoms with Gasteiger partial charge in [0.05, 0.1) is 4.88 Å². The van der Waals surface area contributed by atoms with Crippen molar-refractivity contribution in [2.75, 3.05) is 12.4 Å². The zero-order valence-corrected chi connectivity index (χ0v) is 13.3. The van der Waals surface area contributed by atoms with Gasteiger partial charge in [-0.2, -0.15) is 0 Å². The number of alkyl halides is 1. The van der Waals surface area contributed by atoms with Crippen LogP contribution in [0.25, 0.3) is 0 Å². The predicted molar refractivity (Wildman–Crippen MR) is 82.5 cm³/mol. The number of hydrogen-bond donors (Lipinski definition) is 0. The number of carbonyl (C=O) groups is 1. The molecule has 1 heterocycles. The molecule has 2 rings (SSSR count). The molecule has 0 saturated carbocycles. The van der Waals surface area contributed by atoms with Gasteiger partial charge in [0, 0.05) is 23.3 Å². The highest BCUT2D eigenvalue weighted by atomic mass is 35.5. The van der Waals surface area contributed by atoms with Gasteiger partial charge in [0.1, 0.15) is 0 Å². The van der Waals surface area contributed by atoms with Crippen LogP contribution in [0.2, 0.25) is 0 Å². The molecular weight excluding hydrogens is 278 g/mol. The number of rotatable bonds is 6. The summed E-state index contributed by atoms with van der Waals surface area (Å²) in [5.41, 5.74) is 1.39. The van der Waals surface area contributed by atoms with E-state index in [0.29, 0.717) is 18.5 Å². The molecule has 0 unspecified atom stereocenters. The molecule has 0 fully saturated rings. The van der Waals surface area contributed by atoms with Crippen LogP contribution in [-0.4, -0.2) is 29.3 Å². The van der Waals surface area contributed by atoms with Crippen molar-refractivity contribution in [3.8, 4) is 0 Å². The zero-order valence-electron chi connectivity index (χ0n) is 11.7. The van der Waals surface area contributed by atoms with E-state index < -0.39 is 0 Å². The Morgan fingerprint density at radius 3 is 2.74 bits per heavy atom. The second-order valence-corrected chi connectivity index (χ2v) is 6.59. The fourth-order valence-electron chi connectivity index (χ4n) is 2.85. The summed E-state index contributed by atoms with van der Waals surface area (Å²) in [7, 11) is 0. The predicted octanol–water partition coefficient (Wildman–Crippen LogP) is 4.11. The Kier molecular flexibility index (Phi) is 5.28. The van der Waals surface area contributed by atoms with Crippen LogP contribution < -0.4 is 0 Å². The first-order valence-corrected chi connectivity index (χ1v) is 8.54. The molecule has 0 radical (unpaired) electrons. The molecule has 1 amide bonds. The topological polar surface area (TPSA) is 20.3 Å². The second kappa shape index (κ2) is 6.76. The summed E-state index contributed by atoms with van der Waals surface area (Å²) in [6.07, 6.45) is 5.51. The normalized spacial score (nSPS) is 13.9. The Labute approximate surface area is 124 Å². The summed E-state index contributed by atoms with van der Waals surface area (Å²) >= 11 is 7.56. The molecular formula is C15H22ClNOS. The van der Waals surface area contributed by atoms with Crippen LogP contribution in [0.4, 0.5) is 0 Å². The van der Waals surface area contributed by atoms with Gasteiger partial charge in [0.2, 0.25) is 0 Å². The van der Waals surface area contributed by atoms with Gasteiger partial charge >= 0.3 is 0 Å². The molecule has 106 valence electrons. The van der Waals surface area contributed by atoms with Crippen LogP contribution in [0, 0.1) is 0 Å². The zero-order chi connectivity index (χ0) is 13.8. The molecule has 0 saturated heterocycles. The van der Waals surface area contributed by atoms with Gasteiger partial charge in [-0.1, -0.05) is 13.8 Å². The molecule has 1 aliphatic carbocycles. The van der Waals surface area contributed by atoms with E-state index in [1.54, 1.807) is 11.3 Å². The number of hydrogen-bond acceptors (Lipinski definition) is 2. The number of carbonyl (C=O) groups excluding carboxylic acids is 1. The minimum atomic E-state index is 0.175. The van der Waals surface area contributed by atoms with E-state index in [9.17, 15) is 4.79 Å². The van der Waals surface area contributed by atoms with Crippen molar-refractivity contribution in [3.63, 3.8) is 0 Å².